The maximum absolute atomic E-state index is 2.65. The second-order valence-corrected chi connectivity index (χ2v) is 17.1. The van der Waals surface area contributed by atoms with Crippen molar-refractivity contribution < 1.29 is 46.1 Å². The molecule has 0 aromatic heterocycles. The maximum atomic E-state index is 2.65. The van der Waals surface area contributed by atoms with Gasteiger partial charge in [-0.25, -0.2) is 0 Å². The molecule has 2 aromatic carbocycles. The van der Waals surface area contributed by atoms with E-state index in [1.807, 2.05) is 3.28 Å². The van der Waals surface area contributed by atoms with Crippen LogP contribution in [0.1, 0.15) is 72.4 Å². The monoisotopic (exact) mass is 544 g/mol. The molecule has 1 unspecified atom stereocenters. The van der Waals surface area contributed by atoms with E-state index in [2.05, 4.69) is 97.0 Å². The number of fused-ring (bicyclic) bond motifs is 3. The van der Waals surface area contributed by atoms with Crippen LogP contribution in [0.4, 0.5) is 0 Å². The fourth-order valence-corrected chi connectivity index (χ4v) is 14.0. The second-order valence-electron chi connectivity index (χ2n) is 10.1. The zero-order valence-corrected chi connectivity index (χ0v) is 24.5. The van der Waals surface area contributed by atoms with Crippen molar-refractivity contribution in [2.24, 2.45) is 11.3 Å². The van der Waals surface area contributed by atoms with Crippen LogP contribution in [0.15, 0.2) is 63.0 Å². The van der Waals surface area contributed by atoms with Crippen molar-refractivity contribution >= 4 is 6.48 Å². The molecule has 0 heterocycles. The topological polar surface area (TPSA) is 0 Å². The average Bonchev–Trinajstić information content (AvgIpc) is 3.26. The molecule has 0 fully saturated rings. The molecule has 2 aliphatic rings. The first-order valence-corrected chi connectivity index (χ1v) is 15.3. The summed E-state index contributed by atoms with van der Waals surface area (Å²) in [6.07, 6.45) is 6.16. The molecule has 1 atom stereocenters. The van der Waals surface area contributed by atoms with Gasteiger partial charge in [0.25, 0.3) is 0 Å². The van der Waals surface area contributed by atoms with Gasteiger partial charge in [-0.1, -0.05) is 0 Å². The number of hydrogen-bond acceptors (Lipinski definition) is 0. The Bertz CT molecular complexity index is 1090. The fourth-order valence-electron chi connectivity index (χ4n) is 5.57. The van der Waals surface area contributed by atoms with E-state index in [-0.39, 0.29) is 30.2 Å². The van der Waals surface area contributed by atoms with Gasteiger partial charge in [0.05, 0.1) is 0 Å². The summed E-state index contributed by atoms with van der Waals surface area (Å²) >= 11 is -2.17. The van der Waals surface area contributed by atoms with Crippen molar-refractivity contribution in [2.75, 3.05) is 0 Å². The zero-order chi connectivity index (χ0) is 21.6. The quantitative estimate of drug-likeness (QED) is 0.464. The molecule has 0 amide bonds. The normalized spacial score (nSPS) is 16.3. The number of rotatable bonds is 4. The molecule has 0 spiro atoms. The van der Waals surface area contributed by atoms with Crippen molar-refractivity contribution in [2.45, 2.75) is 67.7 Å². The fraction of sp³-hybridized carbons (Fsp3) is 0.414. The number of benzene rings is 2. The Balaban J connectivity index is 0.00000181. The molecular weight excluding hydrogens is 510 g/mol. The van der Waals surface area contributed by atoms with Crippen molar-refractivity contribution in [3.8, 4) is 11.1 Å². The van der Waals surface area contributed by atoms with Gasteiger partial charge in [-0.15, -0.1) is 0 Å². The Kier molecular flexibility index (Phi) is 9.17. The van der Waals surface area contributed by atoms with E-state index in [1.165, 1.54) is 29.5 Å². The van der Waals surface area contributed by atoms with Gasteiger partial charge >= 0.3 is 192 Å². The van der Waals surface area contributed by atoms with E-state index in [0.29, 0.717) is 5.92 Å². The molecule has 0 bridgehead atoms. The SMILES string of the molecule is CCC1=[C]([Zr+2](=[C](C)C)[c]2cccc3c2Cc2ccccc2-3)C(CC)C=C1C(C)(C)C.[Cl-].[Cl-]. The third-order valence-corrected chi connectivity index (χ3v) is 14.8. The van der Waals surface area contributed by atoms with Gasteiger partial charge in [-0.3, -0.25) is 0 Å². The largest absolute Gasteiger partial charge is 1.00 e. The van der Waals surface area contributed by atoms with Gasteiger partial charge < -0.3 is 24.8 Å². The molecule has 0 saturated carbocycles. The van der Waals surface area contributed by atoms with Crippen LogP contribution in [0, 0.1) is 11.3 Å². The average molecular weight is 547 g/mol. The minimum atomic E-state index is -2.17. The first-order chi connectivity index (χ1) is 14.3. The van der Waals surface area contributed by atoms with Crippen LogP contribution >= 0.6 is 0 Å². The Hall–Kier alpha value is -0.747. The van der Waals surface area contributed by atoms with Crippen LogP contribution in [0.2, 0.25) is 0 Å². The Morgan fingerprint density at radius 3 is 2.19 bits per heavy atom. The second kappa shape index (κ2) is 10.7. The van der Waals surface area contributed by atoms with Crippen molar-refractivity contribution in [1.82, 2.24) is 0 Å². The third-order valence-electron chi connectivity index (χ3n) is 6.88. The molecule has 0 radical (unpaired) electrons. The van der Waals surface area contributed by atoms with Gasteiger partial charge in [-0.05, 0) is 0 Å². The van der Waals surface area contributed by atoms with Gasteiger partial charge in [0.15, 0.2) is 0 Å². The number of allylic oxidation sites excluding steroid dienone is 4. The minimum Gasteiger partial charge on any atom is -1.00 e. The van der Waals surface area contributed by atoms with Crippen LogP contribution in [0.25, 0.3) is 11.1 Å². The molecule has 4 rings (SSSR count). The van der Waals surface area contributed by atoms with Crippen LogP contribution in [0.3, 0.4) is 0 Å². The number of halogens is 2. The summed E-state index contributed by atoms with van der Waals surface area (Å²) in [4.78, 5) is 0. The summed E-state index contributed by atoms with van der Waals surface area (Å²) in [7, 11) is 0. The van der Waals surface area contributed by atoms with Crippen LogP contribution in [-0.2, 0) is 27.7 Å². The Morgan fingerprint density at radius 2 is 1.59 bits per heavy atom. The Labute approximate surface area is 215 Å². The van der Waals surface area contributed by atoms with Crippen molar-refractivity contribution in [3.05, 3.63) is 74.1 Å². The predicted octanol–water partition coefficient (Wildman–Crippen LogP) is 1.40. The van der Waals surface area contributed by atoms with Crippen molar-refractivity contribution in [1.29, 1.82) is 0 Å². The van der Waals surface area contributed by atoms with E-state index in [9.17, 15) is 0 Å². The standard InChI is InChI=1S/C13H9.C13H21.C3H6.2ClH.Zr/c1-3-7-12-10(5-1)9-11-6-2-4-8-13(11)12;1-6-10-8-11(7-2)12(9-10)13(3,4)5;1-3-2;;;/h1-5,7-8H,9H2;9-10H,6-7H2,1-5H3;1-2H3;2*1H;/q;;;;;+2/p-2. The van der Waals surface area contributed by atoms with Gasteiger partial charge in [-0.2, -0.15) is 0 Å². The first kappa shape index (κ1) is 27.5. The van der Waals surface area contributed by atoms with Crippen LogP contribution in [-0.4, -0.2) is 3.21 Å². The number of hydrogen-bond donors (Lipinski definition) is 0. The van der Waals surface area contributed by atoms with Gasteiger partial charge in [0.2, 0.25) is 0 Å². The van der Waals surface area contributed by atoms with Crippen LogP contribution < -0.4 is 28.1 Å². The zero-order valence-electron chi connectivity index (χ0n) is 20.6. The van der Waals surface area contributed by atoms with Gasteiger partial charge in [0.1, 0.15) is 0 Å². The molecule has 0 N–H and O–H groups in total. The van der Waals surface area contributed by atoms with E-state index < -0.39 is 21.3 Å². The molecule has 2 aromatic rings. The summed E-state index contributed by atoms with van der Waals surface area (Å²) in [5.74, 6) is 0.637. The molecule has 0 saturated heterocycles. The van der Waals surface area contributed by atoms with Crippen molar-refractivity contribution in [3.63, 3.8) is 0 Å². The smallest absolute Gasteiger partial charge is 1.00 e. The molecule has 170 valence electrons. The Morgan fingerprint density at radius 1 is 0.938 bits per heavy atom. The molecule has 2 aliphatic carbocycles. The molecule has 32 heavy (non-hydrogen) atoms. The third kappa shape index (κ3) is 4.73. The molecule has 0 nitrogen and oxygen atoms in total. The summed E-state index contributed by atoms with van der Waals surface area (Å²) in [5.41, 5.74) is 9.66. The van der Waals surface area contributed by atoms with E-state index in [0.717, 1.165) is 6.42 Å². The minimum absolute atomic E-state index is 0. The van der Waals surface area contributed by atoms with E-state index in [4.69, 9.17) is 0 Å². The molecule has 3 heteroatoms. The summed E-state index contributed by atoms with van der Waals surface area (Å²) in [5, 5.41) is 0. The summed E-state index contributed by atoms with van der Waals surface area (Å²) in [6, 6.07) is 16.2. The summed E-state index contributed by atoms with van der Waals surface area (Å²) in [6.45, 7) is 16.8. The van der Waals surface area contributed by atoms with Gasteiger partial charge in [0, 0.05) is 0 Å². The molecule has 0 aliphatic heterocycles. The first-order valence-electron chi connectivity index (χ1n) is 11.6. The van der Waals surface area contributed by atoms with E-state index in [1.54, 1.807) is 23.2 Å². The molecular formula is C29H36Cl2Zr. The van der Waals surface area contributed by atoms with Crippen LogP contribution in [0.5, 0.6) is 0 Å². The maximum Gasteiger partial charge on any atom is -1.00 e. The van der Waals surface area contributed by atoms with E-state index >= 15 is 0 Å². The summed E-state index contributed by atoms with van der Waals surface area (Å²) < 4.78 is 5.32. The predicted molar refractivity (Wildman–Crippen MR) is 129 cm³/mol.